The van der Waals surface area contributed by atoms with Crippen LogP contribution in [0.15, 0.2) is 59.6 Å². The van der Waals surface area contributed by atoms with Gasteiger partial charge in [-0.1, -0.05) is 42.5 Å². The van der Waals surface area contributed by atoms with E-state index in [1.807, 2.05) is 24.3 Å². The monoisotopic (exact) mass is 538 g/mol. The summed E-state index contributed by atoms with van der Waals surface area (Å²) in [5.74, 6) is 1.55. The second-order valence-corrected chi connectivity index (χ2v) is 7.69. The van der Waals surface area contributed by atoms with Gasteiger partial charge in [-0.25, -0.2) is 0 Å². The van der Waals surface area contributed by atoms with Crippen LogP contribution in [-0.2, 0) is 6.54 Å². The highest BCUT2D eigenvalue weighted by molar-refractivity contribution is 14.0. The molecule has 2 aromatic carbocycles. The van der Waals surface area contributed by atoms with Gasteiger partial charge in [0.25, 0.3) is 0 Å². The molecule has 0 saturated carbocycles. The first kappa shape index (κ1) is 25.4. The fourth-order valence-electron chi connectivity index (χ4n) is 3.70. The molecule has 170 valence electrons. The summed E-state index contributed by atoms with van der Waals surface area (Å²) >= 11 is 0. The van der Waals surface area contributed by atoms with Crippen LogP contribution in [0.1, 0.15) is 37.0 Å². The van der Waals surface area contributed by atoms with E-state index in [0.717, 1.165) is 56.3 Å². The number of likely N-dealkylation sites (tertiary alicyclic amines) is 1. The Morgan fingerprint density at radius 3 is 2.42 bits per heavy atom. The Morgan fingerprint density at radius 1 is 1.13 bits per heavy atom. The zero-order valence-corrected chi connectivity index (χ0v) is 20.8. The zero-order chi connectivity index (χ0) is 21.2. The Bertz CT molecular complexity index is 778. The first-order valence-electron chi connectivity index (χ1n) is 10.8. The Labute approximate surface area is 203 Å². The van der Waals surface area contributed by atoms with Crippen LogP contribution in [-0.4, -0.2) is 55.3 Å². The van der Waals surface area contributed by atoms with Gasteiger partial charge < -0.3 is 20.5 Å². The lowest BCUT2D eigenvalue weighted by Gasteiger charge is -2.33. The molecule has 2 aromatic rings. The summed E-state index contributed by atoms with van der Waals surface area (Å²) in [6.07, 6.45) is 1.52. The number of ether oxygens (including phenoxy) is 1. The lowest BCUT2D eigenvalue weighted by atomic mass is 10.0. The number of aliphatic hydroxyl groups excluding tert-OH is 1. The lowest BCUT2D eigenvalue weighted by molar-refractivity contribution is 0.186. The van der Waals surface area contributed by atoms with E-state index in [-0.39, 0.29) is 24.0 Å². The van der Waals surface area contributed by atoms with Gasteiger partial charge in [-0.3, -0.25) is 9.89 Å². The Kier molecular flexibility index (Phi) is 11.1. The first-order chi connectivity index (χ1) is 14.7. The first-order valence-corrected chi connectivity index (χ1v) is 10.8. The molecule has 1 atom stereocenters. The van der Waals surface area contributed by atoms with Crippen molar-refractivity contribution in [3.05, 3.63) is 65.7 Å². The van der Waals surface area contributed by atoms with Crippen LogP contribution in [0.4, 0.5) is 0 Å². The van der Waals surface area contributed by atoms with Crippen LogP contribution in [0.2, 0.25) is 0 Å². The third kappa shape index (κ3) is 8.31. The molecule has 0 amide bonds. The van der Waals surface area contributed by atoms with E-state index in [2.05, 4.69) is 57.8 Å². The van der Waals surface area contributed by atoms with Crippen molar-refractivity contribution in [2.45, 2.75) is 38.5 Å². The van der Waals surface area contributed by atoms with Crippen molar-refractivity contribution in [1.82, 2.24) is 15.5 Å². The van der Waals surface area contributed by atoms with Gasteiger partial charge in [0.15, 0.2) is 5.96 Å². The number of aliphatic hydroxyl groups is 1. The van der Waals surface area contributed by atoms with Crippen LogP contribution in [0, 0.1) is 0 Å². The maximum Gasteiger partial charge on any atom is 0.191 e. The average molecular weight is 538 g/mol. The molecule has 1 saturated heterocycles. The number of rotatable bonds is 8. The minimum absolute atomic E-state index is 0. The smallest absolute Gasteiger partial charge is 0.191 e. The average Bonchev–Trinajstić information content (AvgIpc) is 2.79. The summed E-state index contributed by atoms with van der Waals surface area (Å²) < 4.78 is 5.17. The highest BCUT2D eigenvalue weighted by atomic mass is 127. The summed E-state index contributed by atoms with van der Waals surface area (Å²) in [5.41, 5.74) is 2.20. The molecule has 0 aliphatic carbocycles. The maximum atomic E-state index is 10.5. The molecule has 1 unspecified atom stereocenters. The summed E-state index contributed by atoms with van der Waals surface area (Å²) in [6, 6.07) is 18.5. The molecule has 0 aromatic heterocycles. The van der Waals surface area contributed by atoms with Crippen molar-refractivity contribution < 1.29 is 9.84 Å². The summed E-state index contributed by atoms with van der Waals surface area (Å²) in [7, 11) is 1.64. The fourth-order valence-corrected chi connectivity index (χ4v) is 3.70. The van der Waals surface area contributed by atoms with Crippen molar-refractivity contribution in [3.8, 4) is 5.75 Å². The normalized spacial score (nSPS) is 16.3. The molecule has 3 N–H and O–H groups in total. The minimum atomic E-state index is -0.640. The predicted octanol–water partition coefficient (Wildman–Crippen LogP) is 3.57. The number of hydrogen-bond donors (Lipinski definition) is 3. The van der Waals surface area contributed by atoms with Gasteiger partial charge in [-0.05, 0) is 43.0 Å². The van der Waals surface area contributed by atoms with Crippen LogP contribution in [0.3, 0.4) is 0 Å². The van der Waals surface area contributed by atoms with Gasteiger partial charge >= 0.3 is 0 Å². The SMILES string of the molecule is CCNC(=NCC(O)c1ccc(OC)cc1)NC1CCN(Cc2ccccc2)CC1.I. The van der Waals surface area contributed by atoms with Gasteiger partial charge in [0.2, 0.25) is 0 Å². The second kappa shape index (κ2) is 13.5. The van der Waals surface area contributed by atoms with E-state index < -0.39 is 6.10 Å². The summed E-state index contributed by atoms with van der Waals surface area (Å²) in [6.45, 7) is 6.31. The molecule has 0 bridgehead atoms. The second-order valence-electron chi connectivity index (χ2n) is 7.69. The number of hydrogen-bond acceptors (Lipinski definition) is 4. The van der Waals surface area contributed by atoms with Gasteiger partial charge in [0.05, 0.1) is 19.8 Å². The standard InChI is InChI=1S/C24H34N4O2.HI/c1-3-25-24(26-17-23(29)20-9-11-22(30-2)12-10-20)27-21-13-15-28(16-14-21)18-19-7-5-4-6-8-19;/h4-12,21,23,29H,3,13-18H2,1-2H3,(H2,25,26,27);1H. The third-order valence-corrected chi connectivity index (χ3v) is 5.44. The van der Waals surface area contributed by atoms with Crippen molar-refractivity contribution >= 4 is 29.9 Å². The van der Waals surface area contributed by atoms with Gasteiger partial charge in [0, 0.05) is 32.2 Å². The van der Waals surface area contributed by atoms with Crippen molar-refractivity contribution in [1.29, 1.82) is 0 Å². The number of nitrogens with zero attached hydrogens (tertiary/aromatic N) is 2. The number of aliphatic imine (C=N–C) groups is 1. The number of benzene rings is 2. The molecule has 0 radical (unpaired) electrons. The summed E-state index contributed by atoms with van der Waals surface area (Å²) in [4.78, 5) is 7.12. The lowest BCUT2D eigenvalue weighted by Crippen LogP contribution is -2.48. The van der Waals surface area contributed by atoms with E-state index in [0.29, 0.717) is 12.6 Å². The van der Waals surface area contributed by atoms with Gasteiger partial charge in [-0.15, -0.1) is 24.0 Å². The quantitative estimate of drug-likeness (QED) is 0.273. The molecule has 1 fully saturated rings. The van der Waals surface area contributed by atoms with Crippen LogP contribution < -0.4 is 15.4 Å². The van der Waals surface area contributed by atoms with Gasteiger partial charge in [0.1, 0.15) is 5.75 Å². The summed E-state index contributed by atoms with van der Waals surface area (Å²) in [5, 5.41) is 17.3. The highest BCUT2D eigenvalue weighted by Gasteiger charge is 2.20. The van der Waals surface area contributed by atoms with E-state index in [4.69, 9.17) is 4.74 Å². The number of nitrogens with one attached hydrogen (secondary N) is 2. The van der Waals surface area contributed by atoms with E-state index in [1.54, 1.807) is 7.11 Å². The molecule has 1 aliphatic rings. The molecular weight excluding hydrogens is 503 g/mol. The van der Waals surface area contributed by atoms with Crippen molar-refractivity contribution in [3.63, 3.8) is 0 Å². The number of guanidine groups is 1. The van der Waals surface area contributed by atoms with Crippen molar-refractivity contribution in [2.24, 2.45) is 4.99 Å². The highest BCUT2D eigenvalue weighted by Crippen LogP contribution is 2.18. The molecule has 3 rings (SSSR count). The maximum absolute atomic E-state index is 10.5. The molecule has 31 heavy (non-hydrogen) atoms. The van der Waals surface area contributed by atoms with Crippen molar-refractivity contribution in [2.75, 3.05) is 33.3 Å². The number of piperidine rings is 1. The zero-order valence-electron chi connectivity index (χ0n) is 18.5. The number of methoxy groups -OCH3 is 1. The Hall–Kier alpha value is -1.84. The third-order valence-electron chi connectivity index (χ3n) is 5.44. The van der Waals surface area contributed by atoms with E-state index >= 15 is 0 Å². The molecule has 0 spiro atoms. The van der Waals surface area contributed by atoms with Crippen LogP contribution in [0.25, 0.3) is 0 Å². The molecule has 6 nitrogen and oxygen atoms in total. The fraction of sp³-hybridized carbons (Fsp3) is 0.458. The molecule has 1 heterocycles. The Morgan fingerprint density at radius 2 is 1.81 bits per heavy atom. The van der Waals surface area contributed by atoms with Crippen LogP contribution in [0.5, 0.6) is 5.75 Å². The topological polar surface area (TPSA) is 69.1 Å². The van der Waals surface area contributed by atoms with Crippen LogP contribution >= 0.6 is 24.0 Å². The largest absolute Gasteiger partial charge is 0.497 e. The number of halogens is 1. The molecule has 1 aliphatic heterocycles. The minimum Gasteiger partial charge on any atom is -0.497 e. The predicted molar refractivity (Wildman–Crippen MR) is 137 cm³/mol. The Balaban J connectivity index is 0.00000341. The molecular formula is C24H35IN4O2. The molecule has 7 heteroatoms. The van der Waals surface area contributed by atoms with Gasteiger partial charge in [-0.2, -0.15) is 0 Å². The van der Waals surface area contributed by atoms with E-state index in [1.165, 1.54) is 5.56 Å². The van der Waals surface area contributed by atoms with E-state index in [9.17, 15) is 5.11 Å².